The summed E-state index contributed by atoms with van der Waals surface area (Å²) in [7, 11) is 0. The SMILES string of the molecule is CCNc1cn2ccnc2c(N2CC(C)OC(CO)C2)n1. The Labute approximate surface area is 123 Å². The smallest absolute Gasteiger partial charge is 0.180 e. The minimum atomic E-state index is -0.187. The van der Waals surface area contributed by atoms with Crippen molar-refractivity contribution in [2.45, 2.75) is 26.1 Å². The van der Waals surface area contributed by atoms with Gasteiger partial charge in [-0.2, -0.15) is 0 Å². The number of imidazole rings is 1. The number of anilines is 2. The predicted octanol–water partition coefficient (Wildman–Crippen LogP) is 0.747. The monoisotopic (exact) mass is 291 g/mol. The van der Waals surface area contributed by atoms with Crippen LogP contribution < -0.4 is 10.2 Å². The van der Waals surface area contributed by atoms with Gasteiger partial charge < -0.3 is 24.5 Å². The summed E-state index contributed by atoms with van der Waals surface area (Å²) in [5.74, 6) is 1.64. The van der Waals surface area contributed by atoms with Gasteiger partial charge in [-0.15, -0.1) is 0 Å². The molecule has 2 N–H and O–H groups in total. The summed E-state index contributed by atoms with van der Waals surface area (Å²) < 4.78 is 7.66. The van der Waals surface area contributed by atoms with E-state index in [2.05, 4.69) is 20.2 Å². The second-order valence-corrected chi connectivity index (χ2v) is 5.29. The molecule has 2 atom stereocenters. The Morgan fingerprint density at radius 1 is 1.48 bits per heavy atom. The number of aromatic nitrogens is 3. The van der Waals surface area contributed by atoms with Gasteiger partial charge in [0.15, 0.2) is 11.5 Å². The first-order chi connectivity index (χ1) is 10.2. The molecule has 0 spiro atoms. The summed E-state index contributed by atoms with van der Waals surface area (Å²) in [5, 5.41) is 12.6. The summed E-state index contributed by atoms with van der Waals surface area (Å²) in [4.78, 5) is 11.2. The molecular weight excluding hydrogens is 270 g/mol. The number of hydrogen-bond acceptors (Lipinski definition) is 6. The molecule has 2 unspecified atom stereocenters. The minimum Gasteiger partial charge on any atom is -0.394 e. The van der Waals surface area contributed by atoms with Gasteiger partial charge in [-0.1, -0.05) is 0 Å². The number of hydrogen-bond donors (Lipinski definition) is 2. The molecule has 7 heteroatoms. The molecule has 1 saturated heterocycles. The number of nitrogens with one attached hydrogen (secondary N) is 1. The zero-order valence-electron chi connectivity index (χ0n) is 12.4. The number of aliphatic hydroxyl groups excluding tert-OH is 1. The number of morpholine rings is 1. The van der Waals surface area contributed by atoms with Crippen molar-refractivity contribution in [1.82, 2.24) is 14.4 Å². The van der Waals surface area contributed by atoms with Gasteiger partial charge in [0, 0.05) is 32.0 Å². The van der Waals surface area contributed by atoms with Gasteiger partial charge in [-0.3, -0.25) is 0 Å². The van der Waals surface area contributed by atoms with Gasteiger partial charge >= 0.3 is 0 Å². The van der Waals surface area contributed by atoms with Crippen molar-refractivity contribution in [3.8, 4) is 0 Å². The molecule has 3 rings (SSSR count). The van der Waals surface area contributed by atoms with Crippen LogP contribution in [0.1, 0.15) is 13.8 Å². The van der Waals surface area contributed by atoms with E-state index < -0.39 is 0 Å². The average molecular weight is 291 g/mol. The number of nitrogens with zero attached hydrogens (tertiary/aromatic N) is 4. The highest BCUT2D eigenvalue weighted by molar-refractivity contribution is 5.67. The molecule has 21 heavy (non-hydrogen) atoms. The Balaban J connectivity index is 1.99. The van der Waals surface area contributed by atoms with Crippen LogP contribution in [0.2, 0.25) is 0 Å². The molecule has 0 aliphatic carbocycles. The lowest BCUT2D eigenvalue weighted by molar-refractivity contribution is -0.0422. The molecule has 7 nitrogen and oxygen atoms in total. The number of ether oxygens (including phenoxy) is 1. The van der Waals surface area contributed by atoms with Crippen LogP contribution in [0.5, 0.6) is 0 Å². The highest BCUT2D eigenvalue weighted by Crippen LogP contribution is 2.24. The van der Waals surface area contributed by atoms with Crippen molar-refractivity contribution in [2.24, 2.45) is 0 Å². The second kappa shape index (κ2) is 5.87. The predicted molar refractivity (Wildman–Crippen MR) is 80.8 cm³/mol. The molecule has 0 amide bonds. The summed E-state index contributed by atoms with van der Waals surface area (Å²) in [5.41, 5.74) is 0.822. The maximum Gasteiger partial charge on any atom is 0.180 e. The summed E-state index contributed by atoms with van der Waals surface area (Å²) in [6, 6.07) is 0. The molecule has 114 valence electrons. The summed E-state index contributed by atoms with van der Waals surface area (Å²) >= 11 is 0. The van der Waals surface area contributed by atoms with Crippen LogP contribution >= 0.6 is 0 Å². The van der Waals surface area contributed by atoms with E-state index in [1.807, 2.05) is 30.6 Å². The van der Waals surface area contributed by atoms with Crippen molar-refractivity contribution in [3.05, 3.63) is 18.6 Å². The van der Waals surface area contributed by atoms with E-state index in [-0.39, 0.29) is 18.8 Å². The van der Waals surface area contributed by atoms with E-state index in [1.165, 1.54) is 0 Å². The minimum absolute atomic E-state index is 0.0124. The van der Waals surface area contributed by atoms with Gasteiger partial charge in [0.1, 0.15) is 5.82 Å². The molecule has 3 heterocycles. The zero-order valence-corrected chi connectivity index (χ0v) is 12.4. The van der Waals surface area contributed by atoms with E-state index in [0.717, 1.165) is 30.4 Å². The number of rotatable bonds is 4. The molecule has 2 aromatic heterocycles. The lowest BCUT2D eigenvalue weighted by atomic mass is 10.2. The maximum atomic E-state index is 9.38. The van der Waals surface area contributed by atoms with E-state index in [1.54, 1.807) is 6.20 Å². The maximum absolute atomic E-state index is 9.38. The third kappa shape index (κ3) is 2.79. The van der Waals surface area contributed by atoms with Gasteiger partial charge in [-0.05, 0) is 13.8 Å². The fourth-order valence-electron chi connectivity index (χ4n) is 2.71. The molecule has 2 aromatic rings. The van der Waals surface area contributed by atoms with Crippen molar-refractivity contribution >= 4 is 17.3 Å². The molecular formula is C14H21N5O2. The third-order valence-corrected chi connectivity index (χ3v) is 3.54. The Kier molecular flexibility index (Phi) is 3.94. The van der Waals surface area contributed by atoms with Crippen LogP contribution in [0.4, 0.5) is 11.6 Å². The largest absolute Gasteiger partial charge is 0.394 e. The van der Waals surface area contributed by atoms with E-state index in [4.69, 9.17) is 4.74 Å². The first-order valence-corrected chi connectivity index (χ1v) is 7.30. The van der Waals surface area contributed by atoms with Crippen molar-refractivity contribution < 1.29 is 9.84 Å². The fraction of sp³-hybridized carbons (Fsp3) is 0.571. The first kappa shape index (κ1) is 14.1. The summed E-state index contributed by atoms with van der Waals surface area (Å²) in [6.07, 6.45) is 5.48. The van der Waals surface area contributed by atoms with Crippen LogP contribution in [-0.4, -0.2) is 57.9 Å². The van der Waals surface area contributed by atoms with Crippen LogP contribution in [0.25, 0.3) is 5.65 Å². The lowest BCUT2D eigenvalue weighted by Crippen LogP contribution is -2.48. The quantitative estimate of drug-likeness (QED) is 0.866. The standard InChI is InChI=1S/C14H21N5O2/c1-3-15-12-8-18-5-4-16-13(18)14(17-12)19-6-10(2)21-11(7-19)9-20/h4-5,8,10-11,15,20H,3,6-7,9H2,1-2H3. The third-order valence-electron chi connectivity index (χ3n) is 3.54. The molecule has 1 aliphatic rings. The van der Waals surface area contributed by atoms with Crippen molar-refractivity contribution in [2.75, 3.05) is 36.5 Å². The molecule has 0 saturated carbocycles. The van der Waals surface area contributed by atoms with Gasteiger partial charge in [0.25, 0.3) is 0 Å². The van der Waals surface area contributed by atoms with Crippen molar-refractivity contribution in [1.29, 1.82) is 0 Å². The fourth-order valence-corrected chi connectivity index (χ4v) is 2.71. The van der Waals surface area contributed by atoms with E-state index in [0.29, 0.717) is 6.54 Å². The van der Waals surface area contributed by atoms with Crippen LogP contribution in [0.3, 0.4) is 0 Å². The zero-order chi connectivity index (χ0) is 14.8. The van der Waals surface area contributed by atoms with Crippen LogP contribution in [0, 0.1) is 0 Å². The van der Waals surface area contributed by atoms with Crippen molar-refractivity contribution in [3.63, 3.8) is 0 Å². The van der Waals surface area contributed by atoms with Crippen LogP contribution in [0.15, 0.2) is 18.6 Å². The highest BCUT2D eigenvalue weighted by Gasteiger charge is 2.27. The molecule has 1 fully saturated rings. The highest BCUT2D eigenvalue weighted by atomic mass is 16.5. The molecule has 1 aliphatic heterocycles. The van der Waals surface area contributed by atoms with Gasteiger partial charge in [0.05, 0.1) is 25.0 Å². The molecule has 0 aromatic carbocycles. The van der Waals surface area contributed by atoms with E-state index >= 15 is 0 Å². The second-order valence-electron chi connectivity index (χ2n) is 5.29. The molecule has 0 radical (unpaired) electrons. The first-order valence-electron chi connectivity index (χ1n) is 7.30. The molecule has 0 bridgehead atoms. The van der Waals surface area contributed by atoms with Crippen LogP contribution in [-0.2, 0) is 4.74 Å². The Bertz CT molecular complexity index is 614. The van der Waals surface area contributed by atoms with Gasteiger partial charge in [0.2, 0.25) is 0 Å². The lowest BCUT2D eigenvalue weighted by Gasteiger charge is -2.36. The normalized spacial score (nSPS) is 22.7. The summed E-state index contributed by atoms with van der Waals surface area (Å²) in [6.45, 7) is 6.22. The van der Waals surface area contributed by atoms with Gasteiger partial charge in [-0.25, -0.2) is 9.97 Å². The Morgan fingerprint density at radius 2 is 2.33 bits per heavy atom. The topological polar surface area (TPSA) is 74.9 Å². The Morgan fingerprint density at radius 3 is 3.10 bits per heavy atom. The number of fused-ring (bicyclic) bond motifs is 1. The average Bonchev–Trinajstić information content (AvgIpc) is 2.94. The van der Waals surface area contributed by atoms with E-state index in [9.17, 15) is 5.11 Å². The Hall–Kier alpha value is -1.86. The number of aliphatic hydroxyl groups is 1.